The van der Waals surface area contributed by atoms with Gasteiger partial charge in [0.15, 0.2) is 0 Å². The normalized spacial score (nSPS) is 7.67. The second kappa shape index (κ2) is 3.35. The van der Waals surface area contributed by atoms with Gasteiger partial charge in [-0.3, -0.25) is 8.32 Å². The molecule has 0 fully saturated rings. The summed E-state index contributed by atoms with van der Waals surface area (Å²) in [5.41, 5.74) is 4.87. The van der Waals surface area contributed by atoms with Crippen molar-refractivity contribution in [2.24, 2.45) is 5.73 Å². The third kappa shape index (κ3) is 2.40. The molecule has 0 unspecified atom stereocenters. The molecule has 3 nitrogen and oxygen atoms in total. The minimum absolute atomic E-state index is 0.0724. The number of hydrogen-bond donors (Lipinski definition) is 2. The minimum Gasteiger partial charge on any atom is -0.322 e. The molecule has 6 heavy (non-hydrogen) atoms. The second-order valence-corrected chi connectivity index (χ2v) is 1.26. The summed E-state index contributed by atoms with van der Waals surface area (Å²) in [5.74, 6) is -0.143. The van der Waals surface area contributed by atoms with Gasteiger partial charge in [0, 0.05) is 0 Å². The molecule has 0 heterocycles. The molecule has 0 atom stereocenters. The van der Waals surface area contributed by atoms with E-state index in [4.69, 9.17) is 5.73 Å². The van der Waals surface area contributed by atoms with Crippen LogP contribution in [0, 0.1) is 0 Å². The molecular formula is C2H5IN2O. The van der Waals surface area contributed by atoms with Crippen molar-refractivity contribution < 1.29 is 4.79 Å². The summed E-state index contributed by atoms with van der Waals surface area (Å²) in [7, 11) is 0. The number of hydrogen-bond acceptors (Lipinski definition) is 2. The Labute approximate surface area is 49.8 Å². The summed E-state index contributed by atoms with van der Waals surface area (Å²) in [6, 6.07) is 0. The van der Waals surface area contributed by atoms with Crippen molar-refractivity contribution in [2.75, 3.05) is 6.54 Å². The minimum atomic E-state index is -0.143. The van der Waals surface area contributed by atoms with Crippen molar-refractivity contribution in [3.8, 4) is 0 Å². The largest absolute Gasteiger partial charge is 0.322 e. The third-order valence-electron chi connectivity index (χ3n) is 0.291. The Morgan fingerprint density at radius 2 is 2.50 bits per heavy atom. The highest BCUT2D eigenvalue weighted by atomic mass is 127. The van der Waals surface area contributed by atoms with Crippen LogP contribution in [-0.4, -0.2) is 12.5 Å². The van der Waals surface area contributed by atoms with Crippen molar-refractivity contribution in [3.63, 3.8) is 0 Å². The maximum absolute atomic E-state index is 9.94. The second-order valence-electron chi connectivity index (χ2n) is 0.722. The summed E-state index contributed by atoms with van der Waals surface area (Å²) in [6.07, 6.45) is 0. The Bertz CT molecular complexity index is 49.5. The molecule has 0 radical (unpaired) electrons. The molecule has 3 N–H and O–H groups in total. The topological polar surface area (TPSA) is 55.1 Å². The molecule has 0 aromatic carbocycles. The summed E-state index contributed by atoms with van der Waals surface area (Å²) in [6.45, 7) is 0.0724. The number of nitrogens with one attached hydrogen (secondary N) is 1. The van der Waals surface area contributed by atoms with Crippen LogP contribution in [0.1, 0.15) is 0 Å². The first-order valence-electron chi connectivity index (χ1n) is 1.40. The zero-order chi connectivity index (χ0) is 4.99. The smallest absolute Gasteiger partial charge is 0.242 e. The Kier molecular flexibility index (Phi) is 3.44. The highest BCUT2D eigenvalue weighted by Crippen LogP contribution is 1.65. The molecule has 36 valence electrons. The van der Waals surface area contributed by atoms with Crippen LogP contribution < -0.4 is 9.26 Å². The summed E-state index contributed by atoms with van der Waals surface area (Å²) < 4.78 is 2.32. The van der Waals surface area contributed by atoms with Gasteiger partial charge in [-0.05, 0) is 0 Å². The van der Waals surface area contributed by atoms with Gasteiger partial charge in [0.05, 0.1) is 29.4 Å². The first-order chi connectivity index (χ1) is 2.81. The predicted molar refractivity (Wildman–Crippen MR) is 31.2 cm³/mol. The molecular weight excluding hydrogens is 195 g/mol. The van der Waals surface area contributed by atoms with Gasteiger partial charge in [0.25, 0.3) is 0 Å². The van der Waals surface area contributed by atoms with Gasteiger partial charge < -0.3 is 5.73 Å². The lowest BCUT2D eigenvalue weighted by molar-refractivity contribution is -0.117. The van der Waals surface area contributed by atoms with E-state index < -0.39 is 0 Å². The Balaban J connectivity index is 2.99. The van der Waals surface area contributed by atoms with E-state index in [9.17, 15) is 4.79 Å². The van der Waals surface area contributed by atoms with Crippen LogP contribution in [-0.2, 0) is 4.79 Å². The summed E-state index contributed by atoms with van der Waals surface area (Å²) >= 11 is 1.73. The lowest BCUT2D eigenvalue weighted by atomic mass is 10.7. The molecule has 0 rings (SSSR count). The van der Waals surface area contributed by atoms with E-state index in [1.807, 2.05) is 0 Å². The van der Waals surface area contributed by atoms with E-state index in [1.165, 1.54) is 0 Å². The third-order valence-corrected chi connectivity index (χ3v) is 0.892. The van der Waals surface area contributed by atoms with Crippen molar-refractivity contribution in [1.29, 1.82) is 0 Å². The molecule has 4 heteroatoms. The van der Waals surface area contributed by atoms with Crippen molar-refractivity contribution in [1.82, 2.24) is 3.53 Å². The molecule has 1 amide bonds. The zero-order valence-electron chi connectivity index (χ0n) is 3.07. The zero-order valence-corrected chi connectivity index (χ0v) is 5.23. The Morgan fingerprint density at radius 3 is 2.50 bits per heavy atom. The van der Waals surface area contributed by atoms with E-state index >= 15 is 0 Å². The molecule has 0 spiro atoms. The number of carbonyl (C=O) groups excluding carboxylic acids is 1. The number of halogens is 1. The van der Waals surface area contributed by atoms with E-state index in [2.05, 4.69) is 3.53 Å². The fourth-order valence-electron chi connectivity index (χ4n) is 0.0386. The predicted octanol–water partition coefficient (Wildman–Crippen LogP) is -0.589. The van der Waals surface area contributed by atoms with E-state index in [-0.39, 0.29) is 12.5 Å². The van der Waals surface area contributed by atoms with Crippen LogP contribution in [0.15, 0.2) is 0 Å². The van der Waals surface area contributed by atoms with Gasteiger partial charge in [0.2, 0.25) is 5.91 Å². The standard InChI is InChI=1S/C2H5IN2O/c3-5-2(6)1-4/h1,4H2,(H,5,6). The molecule has 0 aliphatic rings. The van der Waals surface area contributed by atoms with Gasteiger partial charge in [-0.25, -0.2) is 0 Å². The van der Waals surface area contributed by atoms with Gasteiger partial charge in [-0.15, -0.1) is 0 Å². The molecule has 0 saturated carbocycles. The van der Waals surface area contributed by atoms with Crippen LogP contribution in [0.2, 0.25) is 0 Å². The van der Waals surface area contributed by atoms with E-state index in [0.29, 0.717) is 0 Å². The Hall–Kier alpha value is 0.160. The lowest BCUT2D eigenvalue weighted by Crippen LogP contribution is -2.21. The Morgan fingerprint density at radius 1 is 2.00 bits per heavy atom. The van der Waals surface area contributed by atoms with E-state index in [0.717, 1.165) is 0 Å². The fourth-order valence-corrected chi connectivity index (χ4v) is 0.259. The highest BCUT2D eigenvalue weighted by Gasteiger charge is 1.86. The maximum atomic E-state index is 9.94. The SMILES string of the molecule is NCC(=O)NI. The maximum Gasteiger partial charge on any atom is 0.242 e. The summed E-state index contributed by atoms with van der Waals surface area (Å²) in [4.78, 5) is 9.94. The molecule has 0 aliphatic heterocycles. The van der Waals surface area contributed by atoms with Crippen LogP contribution in [0.4, 0.5) is 0 Å². The average Bonchev–Trinajstić information content (AvgIpc) is 1.65. The first-order valence-corrected chi connectivity index (χ1v) is 2.48. The molecule has 0 aromatic rings. The lowest BCUT2D eigenvalue weighted by Gasteiger charge is -1.84. The average molecular weight is 200 g/mol. The van der Waals surface area contributed by atoms with Gasteiger partial charge in [0.1, 0.15) is 0 Å². The molecule has 0 aliphatic carbocycles. The van der Waals surface area contributed by atoms with E-state index in [1.54, 1.807) is 22.9 Å². The van der Waals surface area contributed by atoms with Crippen molar-refractivity contribution in [2.45, 2.75) is 0 Å². The number of rotatable bonds is 1. The van der Waals surface area contributed by atoms with Gasteiger partial charge >= 0.3 is 0 Å². The van der Waals surface area contributed by atoms with Gasteiger partial charge in [-0.1, -0.05) is 0 Å². The fraction of sp³-hybridized carbons (Fsp3) is 0.500. The first kappa shape index (κ1) is 6.16. The quantitative estimate of drug-likeness (QED) is 0.439. The molecule has 0 saturated heterocycles. The van der Waals surface area contributed by atoms with Crippen LogP contribution in [0.3, 0.4) is 0 Å². The highest BCUT2D eigenvalue weighted by molar-refractivity contribution is 14.1. The van der Waals surface area contributed by atoms with Gasteiger partial charge in [-0.2, -0.15) is 0 Å². The number of amides is 1. The molecule has 0 aromatic heterocycles. The van der Waals surface area contributed by atoms with Crippen LogP contribution in [0.25, 0.3) is 0 Å². The van der Waals surface area contributed by atoms with Crippen LogP contribution in [0.5, 0.6) is 0 Å². The summed E-state index contributed by atoms with van der Waals surface area (Å²) in [5, 5.41) is 0. The monoisotopic (exact) mass is 200 g/mol. The molecule has 0 bridgehead atoms. The van der Waals surface area contributed by atoms with Crippen LogP contribution >= 0.6 is 22.9 Å². The van der Waals surface area contributed by atoms with Crippen molar-refractivity contribution in [3.05, 3.63) is 0 Å². The number of carbonyl (C=O) groups is 1. The van der Waals surface area contributed by atoms with Crippen molar-refractivity contribution >= 4 is 28.8 Å². The number of nitrogens with two attached hydrogens (primary N) is 1.